The first-order valence-electron chi connectivity index (χ1n) is 6.75. The molecule has 110 valence electrons. The number of amides is 1. The number of aryl methyl sites for hydroxylation is 1. The summed E-state index contributed by atoms with van der Waals surface area (Å²) in [7, 11) is 1.69. The van der Waals surface area contributed by atoms with Crippen molar-refractivity contribution in [3.8, 4) is 0 Å². The van der Waals surface area contributed by atoms with Gasteiger partial charge in [-0.25, -0.2) is 4.39 Å². The first kappa shape index (κ1) is 15.0. The molecule has 4 heteroatoms. The average Bonchev–Trinajstić information content (AvgIpc) is 2.45. The lowest BCUT2D eigenvalue weighted by Gasteiger charge is -2.18. The maximum absolute atomic E-state index is 13.7. The van der Waals surface area contributed by atoms with Gasteiger partial charge in [0.1, 0.15) is 5.82 Å². The van der Waals surface area contributed by atoms with Crippen molar-refractivity contribution in [1.82, 2.24) is 4.90 Å². The third-order valence-electron chi connectivity index (χ3n) is 3.52. The minimum Gasteiger partial charge on any atom is -0.398 e. The number of hydrogen-bond acceptors (Lipinski definition) is 2. The third kappa shape index (κ3) is 3.40. The zero-order valence-corrected chi connectivity index (χ0v) is 12.5. The number of carbonyl (C=O) groups is 1. The second kappa shape index (κ2) is 5.95. The number of nitrogens with two attached hydrogens (primary N) is 1. The summed E-state index contributed by atoms with van der Waals surface area (Å²) < 4.78 is 13.7. The van der Waals surface area contributed by atoms with Crippen molar-refractivity contribution in [2.24, 2.45) is 0 Å². The molecule has 1 amide bonds. The van der Waals surface area contributed by atoms with Crippen molar-refractivity contribution in [2.75, 3.05) is 12.8 Å². The molecule has 0 radical (unpaired) electrons. The van der Waals surface area contributed by atoms with Crippen LogP contribution in [0.1, 0.15) is 27.0 Å². The highest BCUT2D eigenvalue weighted by Crippen LogP contribution is 2.19. The quantitative estimate of drug-likeness (QED) is 0.880. The Morgan fingerprint density at radius 3 is 2.38 bits per heavy atom. The Bertz CT molecular complexity index is 642. The van der Waals surface area contributed by atoms with E-state index < -0.39 is 5.82 Å². The molecule has 0 fully saturated rings. The number of benzene rings is 2. The summed E-state index contributed by atoms with van der Waals surface area (Å²) in [6.07, 6.45) is 0. The van der Waals surface area contributed by atoms with Crippen molar-refractivity contribution < 1.29 is 9.18 Å². The summed E-state index contributed by atoms with van der Waals surface area (Å²) in [5.41, 5.74) is 8.84. The van der Waals surface area contributed by atoms with Gasteiger partial charge in [0.2, 0.25) is 0 Å². The molecule has 0 saturated heterocycles. The lowest BCUT2D eigenvalue weighted by atomic mass is 10.1. The maximum Gasteiger partial charge on any atom is 0.254 e. The van der Waals surface area contributed by atoms with Crippen molar-refractivity contribution in [3.63, 3.8) is 0 Å². The van der Waals surface area contributed by atoms with Crippen LogP contribution in [0.5, 0.6) is 0 Å². The molecule has 2 aromatic carbocycles. The number of halogens is 1. The van der Waals surface area contributed by atoms with Crippen LogP contribution < -0.4 is 5.73 Å². The minimum absolute atomic E-state index is 0.249. The Kier molecular flexibility index (Phi) is 4.26. The van der Waals surface area contributed by atoms with E-state index in [-0.39, 0.29) is 11.5 Å². The molecular formula is C17H19FN2O. The molecule has 2 aromatic rings. The van der Waals surface area contributed by atoms with Gasteiger partial charge < -0.3 is 10.6 Å². The Hall–Kier alpha value is -2.36. The van der Waals surface area contributed by atoms with Crippen molar-refractivity contribution in [1.29, 1.82) is 0 Å². The maximum atomic E-state index is 13.7. The fourth-order valence-electron chi connectivity index (χ4n) is 2.08. The minimum atomic E-state index is -0.456. The number of rotatable bonds is 3. The molecule has 0 aliphatic rings. The molecule has 0 bridgehead atoms. The van der Waals surface area contributed by atoms with E-state index in [0.29, 0.717) is 17.8 Å². The normalized spacial score (nSPS) is 10.5. The molecule has 0 spiro atoms. The van der Waals surface area contributed by atoms with E-state index in [4.69, 9.17) is 5.73 Å². The highest BCUT2D eigenvalue weighted by molar-refractivity contribution is 5.95. The van der Waals surface area contributed by atoms with E-state index >= 15 is 0 Å². The lowest BCUT2D eigenvalue weighted by molar-refractivity contribution is 0.0784. The van der Waals surface area contributed by atoms with Crippen LogP contribution in [0.25, 0.3) is 0 Å². The zero-order valence-electron chi connectivity index (χ0n) is 12.5. The summed E-state index contributed by atoms with van der Waals surface area (Å²) in [4.78, 5) is 13.9. The third-order valence-corrected chi connectivity index (χ3v) is 3.52. The summed E-state index contributed by atoms with van der Waals surface area (Å²) >= 11 is 0. The molecule has 0 atom stereocenters. The Balaban J connectivity index is 2.17. The molecule has 0 aromatic heterocycles. The van der Waals surface area contributed by atoms with Gasteiger partial charge in [0.05, 0.1) is 0 Å². The molecule has 0 unspecified atom stereocenters. The Labute approximate surface area is 124 Å². The van der Waals surface area contributed by atoms with Crippen LogP contribution in [-0.4, -0.2) is 17.9 Å². The molecule has 0 aliphatic carbocycles. The van der Waals surface area contributed by atoms with Gasteiger partial charge in [-0.15, -0.1) is 0 Å². The van der Waals surface area contributed by atoms with Crippen molar-refractivity contribution in [3.05, 3.63) is 64.5 Å². The fourth-order valence-corrected chi connectivity index (χ4v) is 2.08. The van der Waals surface area contributed by atoms with Crippen LogP contribution in [0.15, 0.2) is 36.4 Å². The molecule has 2 rings (SSSR count). The van der Waals surface area contributed by atoms with E-state index in [9.17, 15) is 9.18 Å². The van der Waals surface area contributed by atoms with E-state index in [1.165, 1.54) is 17.7 Å². The van der Waals surface area contributed by atoms with Crippen molar-refractivity contribution >= 4 is 11.6 Å². The monoisotopic (exact) mass is 286 g/mol. The van der Waals surface area contributed by atoms with Gasteiger partial charge in [-0.3, -0.25) is 4.79 Å². The van der Waals surface area contributed by atoms with Crippen molar-refractivity contribution in [2.45, 2.75) is 20.4 Å². The Morgan fingerprint density at radius 2 is 1.81 bits per heavy atom. The molecular weight excluding hydrogens is 267 g/mol. The number of nitrogen functional groups attached to an aromatic ring is 1. The molecule has 2 N–H and O–H groups in total. The molecule has 0 saturated carbocycles. The number of nitrogens with zero attached hydrogens (tertiary/aromatic N) is 1. The summed E-state index contributed by atoms with van der Waals surface area (Å²) in [6.45, 7) is 4.07. The van der Waals surface area contributed by atoms with Gasteiger partial charge in [-0.1, -0.05) is 29.8 Å². The van der Waals surface area contributed by atoms with Gasteiger partial charge >= 0.3 is 0 Å². The van der Waals surface area contributed by atoms with E-state index in [2.05, 4.69) is 0 Å². The predicted octanol–water partition coefficient (Wildman–Crippen LogP) is 3.30. The molecule has 0 aliphatic heterocycles. The SMILES string of the molecule is Cc1ccc(CN(C)C(=O)c2cc(N)c(C)c(F)c2)cc1. The fraction of sp³-hybridized carbons (Fsp3) is 0.235. The number of carbonyl (C=O) groups excluding carboxylic acids is 1. The van der Waals surface area contributed by atoms with Gasteiger partial charge in [-0.2, -0.15) is 0 Å². The number of anilines is 1. The highest BCUT2D eigenvalue weighted by Gasteiger charge is 2.15. The van der Waals surface area contributed by atoms with Crippen LogP contribution >= 0.6 is 0 Å². The van der Waals surface area contributed by atoms with Crippen LogP contribution in [0.2, 0.25) is 0 Å². The predicted molar refractivity (Wildman–Crippen MR) is 82.5 cm³/mol. The van der Waals surface area contributed by atoms with Gasteiger partial charge in [0.25, 0.3) is 5.91 Å². The summed E-state index contributed by atoms with van der Waals surface area (Å²) in [5, 5.41) is 0. The van der Waals surface area contributed by atoms with Crippen LogP contribution in [0.4, 0.5) is 10.1 Å². The second-order valence-corrected chi connectivity index (χ2v) is 5.32. The summed E-state index contributed by atoms with van der Waals surface area (Å²) in [5.74, 6) is -0.705. The summed E-state index contributed by atoms with van der Waals surface area (Å²) in [6, 6.07) is 10.7. The smallest absolute Gasteiger partial charge is 0.254 e. The van der Waals surface area contributed by atoms with Gasteiger partial charge in [0, 0.05) is 30.4 Å². The first-order valence-corrected chi connectivity index (χ1v) is 6.75. The highest BCUT2D eigenvalue weighted by atomic mass is 19.1. The second-order valence-electron chi connectivity index (χ2n) is 5.32. The van der Waals surface area contributed by atoms with Gasteiger partial charge in [0.15, 0.2) is 0 Å². The average molecular weight is 286 g/mol. The topological polar surface area (TPSA) is 46.3 Å². The first-order chi connectivity index (χ1) is 9.88. The molecule has 21 heavy (non-hydrogen) atoms. The number of hydrogen-bond donors (Lipinski definition) is 1. The largest absolute Gasteiger partial charge is 0.398 e. The standard InChI is InChI=1S/C17H19FN2O/c1-11-4-6-13(7-5-11)10-20(3)17(21)14-8-15(18)12(2)16(19)9-14/h4-9H,10,19H2,1-3H3. The van der Waals surface area contributed by atoms with Crippen LogP contribution in [0, 0.1) is 19.7 Å². The van der Waals surface area contributed by atoms with E-state index in [1.54, 1.807) is 18.9 Å². The molecule has 3 nitrogen and oxygen atoms in total. The van der Waals surface area contributed by atoms with Gasteiger partial charge in [-0.05, 0) is 31.5 Å². The lowest BCUT2D eigenvalue weighted by Crippen LogP contribution is -2.26. The van der Waals surface area contributed by atoms with E-state index in [0.717, 1.165) is 5.56 Å². The van der Waals surface area contributed by atoms with E-state index in [1.807, 2.05) is 31.2 Å². The van der Waals surface area contributed by atoms with Crippen LogP contribution in [-0.2, 0) is 6.54 Å². The zero-order chi connectivity index (χ0) is 15.6. The molecule has 0 heterocycles. The Morgan fingerprint density at radius 1 is 1.19 bits per heavy atom. The van der Waals surface area contributed by atoms with Crippen LogP contribution in [0.3, 0.4) is 0 Å².